The van der Waals surface area contributed by atoms with Crippen molar-refractivity contribution in [3.8, 4) is 0 Å². The second kappa shape index (κ2) is 4.21. The van der Waals surface area contributed by atoms with Crippen LogP contribution in [0.15, 0.2) is 0 Å². The zero-order valence-corrected chi connectivity index (χ0v) is 11.1. The maximum Gasteiger partial charge on any atom is 0.322 e. The van der Waals surface area contributed by atoms with Crippen LogP contribution in [0.3, 0.4) is 0 Å². The van der Waals surface area contributed by atoms with Gasteiger partial charge in [-0.25, -0.2) is 4.79 Å². The number of likely N-dealkylation sites (tertiary alicyclic amines) is 1. The fourth-order valence-corrected chi connectivity index (χ4v) is 3.15. The molecule has 0 radical (unpaired) electrons. The minimum Gasteiger partial charge on any atom is -0.340 e. The van der Waals surface area contributed by atoms with Crippen LogP contribution in [0.1, 0.15) is 32.6 Å². The van der Waals surface area contributed by atoms with Gasteiger partial charge in [-0.3, -0.25) is 14.9 Å². The largest absolute Gasteiger partial charge is 0.340 e. The minimum atomic E-state index is -0.895. The van der Waals surface area contributed by atoms with E-state index in [9.17, 15) is 14.4 Å². The number of nitrogens with one attached hydrogen (secondary N) is 2. The van der Waals surface area contributed by atoms with Gasteiger partial charge >= 0.3 is 6.03 Å². The molecule has 3 rings (SSSR count). The number of amides is 4. The molecule has 1 aliphatic carbocycles. The number of piperidine rings is 1. The van der Waals surface area contributed by atoms with Gasteiger partial charge in [-0.1, -0.05) is 6.92 Å². The summed E-state index contributed by atoms with van der Waals surface area (Å²) in [5.41, 5.74) is -0.895. The zero-order valence-electron chi connectivity index (χ0n) is 11.1. The second-order valence-electron chi connectivity index (χ2n) is 5.98. The van der Waals surface area contributed by atoms with Gasteiger partial charge in [-0.2, -0.15) is 0 Å². The molecular weight excluding hydrogens is 246 g/mol. The molecule has 2 heterocycles. The van der Waals surface area contributed by atoms with Crippen molar-refractivity contribution < 1.29 is 14.4 Å². The zero-order chi connectivity index (χ0) is 13.6. The van der Waals surface area contributed by atoms with Crippen LogP contribution in [0.2, 0.25) is 0 Å². The molecule has 2 saturated heterocycles. The molecule has 0 aromatic heterocycles. The third-order valence-corrected chi connectivity index (χ3v) is 4.54. The van der Waals surface area contributed by atoms with E-state index in [1.54, 1.807) is 4.90 Å². The van der Waals surface area contributed by atoms with Crippen LogP contribution in [-0.4, -0.2) is 41.4 Å². The number of hydrogen-bond donors (Lipinski definition) is 2. The van der Waals surface area contributed by atoms with E-state index in [0.29, 0.717) is 25.4 Å². The van der Waals surface area contributed by atoms with Gasteiger partial charge < -0.3 is 10.2 Å². The lowest BCUT2D eigenvalue weighted by atomic mass is 9.88. The molecule has 1 spiro atoms. The Morgan fingerprint density at radius 1 is 1.42 bits per heavy atom. The average molecular weight is 265 g/mol. The van der Waals surface area contributed by atoms with Crippen molar-refractivity contribution in [2.75, 3.05) is 13.1 Å². The molecule has 19 heavy (non-hydrogen) atoms. The summed E-state index contributed by atoms with van der Waals surface area (Å²) in [4.78, 5) is 37.4. The smallest absolute Gasteiger partial charge is 0.322 e. The lowest BCUT2D eigenvalue weighted by molar-refractivity contribution is -0.139. The molecule has 4 amide bonds. The quantitative estimate of drug-likeness (QED) is 0.702. The van der Waals surface area contributed by atoms with Crippen LogP contribution < -0.4 is 10.6 Å². The Kier molecular flexibility index (Phi) is 2.76. The molecule has 104 valence electrons. The molecule has 1 saturated carbocycles. The van der Waals surface area contributed by atoms with Crippen LogP contribution in [0, 0.1) is 11.8 Å². The summed E-state index contributed by atoms with van der Waals surface area (Å²) in [5.74, 6) is 0.372. The molecule has 0 bridgehead atoms. The highest BCUT2D eigenvalue weighted by atomic mass is 16.2. The van der Waals surface area contributed by atoms with Crippen molar-refractivity contribution in [3.63, 3.8) is 0 Å². The first-order valence-electron chi connectivity index (χ1n) is 6.94. The van der Waals surface area contributed by atoms with Gasteiger partial charge in [-0.05, 0) is 31.6 Å². The van der Waals surface area contributed by atoms with Crippen molar-refractivity contribution in [1.82, 2.24) is 15.5 Å². The van der Waals surface area contributed by atoms with E-state index in [1.165, 1.54) is 0 Å². The Balaban J connectivity index is 1.72. The molecule has 6 nitrogen and oxygen atoms in total. The van der Waals surface area contributed by atoms with Crippen molar-refractivity contribution in [3.05, 3.63) is 0 Å². The topological polar surface area (TPSA) is 78.5 Å². The van der Waals surface area contributed by atoms with E-state index < -0.39 is 11.6 Å². The maximum absolute atomic E-state index is 12.4. The third kappa shape index (κ3) is 2.09. The number of imide groups is 1. The Hall–Kier alpha value is -1.59. The molecule has 6 heteroatoms. The first-order chi connectivity index (χ1) is 9.02. The fourth-order valence-electron chi connectivity index (χ4n) is 3.15. The summed E-state index contributed by atoms with van der Waals surface area (Å²) in [7, 11) is 0. The predicted molar refractivity (Wildman–Crippen MR) is 67.1 cm³/mol. The van der Waals surface area contributed by atoms with Gasteiger partial charge in [0.2, 0.25) is 5.91 Å². The molecule has 2 aliphatic heterocycles. The highest BCUT2D eigenvalue weighted by molar-refractivity contribution is 6.07. The van der Waals surface area contributed by atoms with Gasteiger partial charge in [-0.15, -0.1) is 0 Å². The Labute approximate surface area is 111 Å². The summed E-state index contributed by atoms with van der Waals surface area (Å²) in [5, 5.41) is 4.97. The number of carbonyl (C=O) groups is 3. The molecular formula is C13H19N3O3. The maximum atomic E-state index is 12.4. The summed E-state index contributed by atoms with van der Waals surface area (Å²) >= 11 is 0. The van der Waals surface area contributed by atoms with Crippen molar-refractivity contribution in [2.24, 2.45) is 11.8 Å². The van der Waals surface area contributed by atoms with Crippen LogP contribution in [-0.2, 0) is 9.59 Å². The van der Waals surface area contributed by atoms with E-state index in [4.69, 9.17) is 0 Å². The third-order valence-electron chi connectivity index (χ3n) is 4.54. The van der Waals surface area contributed by atoms with Crippen LogP contribution in [0.4, 0.5) is 4.79 Å². The van der Waals surface area contributed by atoms with Gasteiger partial charge in [0.1, 0.15) is 5.54 Å². The molecule has 0 aromatic carbocycles. The van der Waals surface area contributed by atoms with E-state index in [-0.39, 0.29) is 17.7 Å². The number of hydrogen-bond acceptors (Lipinski definition) is 3. The Bertz CT molecular complexity index is 446. The number of rotatable bonds is 2. The van der Waals surface area contributed by atoms with Crippen LogP contribution in [0.25, 0.3) is 0 Å². The van der Waals surface area contributed by atoms with Crippen molar-refractivity contribution in [2.45, 2.75) is 38.1 Å². The normalized spacial score (nSPS) is 32.2. The lowest BCUT2D eigenvalue weighted by Crippen LogP contribution is -2.60. The molecule has 0 aromatic rings. The average Bonchev–Trinajstić information content (AvgIpc) is 3.17. The Morgan fingerprint density at radius 2 is 2.16 bits per heavy atom. The van der Waals surface area contributed by atoms with Gasteiger partial charge in [0.15, 0.2) is 0 Å². The lowest BCUT2D eigenvalue weighted by Gasteiger charge is -2.39. The molecule has 3 fully saturated rings. The second-order valence-corrected chi connectivity index (χ2v) is 5.98. The highest BCUT2D eigenvalue weighted by Gasteiger charge is 2.50. The predicted octanol–water partition coefficient (Wildman–Crippen LogP) is 0.233. The molecule has 3 aliphatic rings. The first kappa shape index (κ1) is 12.4. The number of carbonyl (C=O) groups excluding carboxylic acids is 3. The van der Waals surface area contributed by atoms with Gasteiger partial charge in [0.05, 0.1) is 6.54 Å². The van der Waals surface area contributed by atoms with Crippen molar-refractivity contribution in [1.29, 1.82) is 0 Å². The van der Waals surface area contributed by atoms with Crippen LogP contribution in [0.5, 0.6) is 0 Å². The van der Waals surface area contributed by atoms with Crippen LogP contribution >= 0.6 is 0 Å². The minimum absolute atomic E-state index is 0.0373. The van der Waals surface area contributed by atoms with E-state index in [1.807, 2.05) is 6.92 Å². The van der Waals surface area contributed by atoms with E-state index >= 15 is 0 Å². The summed E-state index contributed by atoms with van der Waals surface area (Å²) in [6, 6.07) is -0.449. The van der Waals surface area contributed by atoms with Gasteiger partial charge in [0, 0.05) is 12.5 Å². The molecule has 2 N–H and O–H groups in total. The summed E-state index contributed by atoms with van der Waals surface area (Å²) in [6.45, 7) is 2.95. The van der Waals surface area contributed by atoms with Gasteiger partial charge in [0.25, 0.3) is 5.91 Å². The standard InChI is InChI=1S/C13H19N3O3/c1-8(9-3-4-9)10(17)16-6-2-5-13(7-16)11(18)14-12(19)15-13/h8-9H,2-7H2,1H3,(H2,14,15,18,19). The first-order valence-corrected chi connectivity index (χ1v) is 6.94. The molecule has 2 unspecified atom stereocenters. The van der Waals surface area contributed by atoms with E-state index in [2.05, 4.69) is 10.6 Å². The van der Waals surface area contributed by atoms with E-state index in [0.717, 1.165) is 19.3 Å². The number of nitrogens with zero attached hydrogens (tertiary/aromatic N) is 1. The SMILES string of the molecule is CC(C(=O)N1CCCC2(C1)NC(=O)NC2=O)C1CC1. The Morgan fingerprint density at radius 3 is 2.74 bits per heavy atom. The van der Waals surface area contributed by atoms with Crippen molar-refractivity contribution >= 4 is 17.8 Å². The molecule has 2 atom stereocenters. The highest BCUT2D eigenvalue weighted by Crippen LogP contribution is 2.38. The fraction of sp³-hybridized carbons (Fsp3) is 0.769. The summed E-state index contributed by atoms with van der Waals surface area (Å²) in [6.07, 6.45) is 3.61. The summed E-state index contributed by atoms with van der Waals surface area (Å²) < 4.78 is 0. The monoisotopic (exact) mass is 265 g/mol. The number of urea groups is 1.